The first-order valence-corrected chi connectivity index (χ1v) is 13.3. The standard InChI is InChI=1S/C28H28FN5OS/c1-16-30-26-10-4-19(12-24(26)28(31-16)33-21-5-6-21)18-3-9-25(29)20(11-18)14-34(23-7-8-23)27(35)13-22-15-36-17(2)32-22/h3-4,9-12,15,21,23H,5-8,13-14H2,1-2H3,(H,30,31,33). The van der Waals surface area contributed by atoms with Gasteiger partial charge >= 0.3 is 0 Å². The van der Waals surface area contributed by atoms with Crippen LogP contribution >= 0.6 is 11.3 Å². The number of hydrogen-bond acceptors (Lipinski definition) is 6. The topological polar surface area (TPSA) is 71.0 Å². The molecule has 2 aliphatic carbocycles. The molecule has 2 saturated carbocycles. The third-order valence-electron chi connectivity index (χ3n) is 6.75. The monoisotopic (exact) mass is 501 g/mol. The molecule has 2 fully saturated rings. The van der Waals surface area contributed by atoms with Crippen LogP contribution in [0.1, 0.15) is 47.8 Å². The predicted molar refractivity (Wildman–Crippen MR) is 140 cm³/mol. The lowest BCUT2D eigenvalue weighted by atomic mass is 10.0. The summed E-state index contributed by atoms with van der Waals surface area (Å²) >= 11 is 1.54. The second kappa shape index (κ2) is 9.24. The maximum absolute atomic E-state index is 15.0. The summed E-state index contributed by atoms with van der Waals surface area (Å²) in [7, 11) is 0. The Hall–Kier alpha value is -3.39. The molecule has 0 bridgehead atoms. The Morgan fingerprint density at radius 2 is 1.83 bits per heavy atom. The molecule has 0 aliphatic heterocycles. The lowest BCUT2D eigenvalue weighted by Crippen LogP contribution is -2.34. The lowest BCUT2D eigenvalue weighted by Gasteiger charge is -2.23. The van der Waals surface area contributed by atoms with Crippen molar-refractivity contribution in [3.8, 4) is 11.1 Å². The Kier molecular flexibility index (Phi) is 5.91. The molecular formula is C28H28FN5OS. The lowest BCUT2D eigenvalue weighted by molar-refractivity contribution is -0.131. The highest BCUT2D eigenvalue weighted by Gasteiger charge is 2.33. The normalized spacial score (nSPS) is 15.3. The SMILES string of the molecule is Cc1nc(NC2CC2)c2cc(-c3ccc(F)c(CN(C(=O)Cc4csc(C)n4)C4CC4)c3)ccc2n1. The molecule has 0 spiro atoms. The molecule has 2 aromatic carbocycles. The highest BCUT2D eigenvalue weighted by molar-refractivity contribution is 7.09. The van der Waals surface area contributed by atoms with Crippen molar-refractivity contribution in [3.05, 3.63) is 69.7 Å². The van der Waals surface area contributed by atoms with Gasteiger partial charge < -0.3 is 10.2 Å². The van der Waals surface area contributed by atoms with Crippen molar-refractivity contribution in [1.29, 1.82) is 0 Å². The van der Waals surface area contributed by atoms with E-state index in [0.717, 1.165) is 70.1 Å². The number of nitrogens with zero attached hydrogens (tertiary/aromatic N) is 4. The van der Waals surface area contributed by atoms with E-state index in [2.05, 4.69) is 26.3 Å². The van der Waals surface area contributed by atoms with E-state index in [0.29, 0.717) is 11.6 Å². The van der Waals surface area contributed by atoms with Gasteiger partial charge in [-0.3, -0.25) is 4.79 Å². The van der Waals surface area contributed by atoms with E-state index in [1.807, 2.05) is 42.3 Å². The largest absolute Gasteiger partial charge is 0.367 e. The zero-order valence-corrected chi connectivity index (χ0v) is 21.2. The quantitative estimate of drug-likeness (QED) is 0.330. The van der Waals surface area contributed by atoms with Crippen molar-refractivity contribution < 1.29 is 9.18 Å². The first-order valence-electron chi connectivity index (χ1n) is 12.5. The van der Waals surface area contributed by atoms with Gasteiger partial charge in [0, 0.05) is 35.0 Å². The summed E-state index contributed by atoms with van der Waals surface area (Å²) in [4.78, 5) is 28.6. The zero-order chi connectivity index (χ0) is 24.8. The number of aryl methyl sites for hydroxylation is 2. The van der Waals surface area contributed by atoms with E-state index in [1.54, 1.807) is 17.4 Å². The maximum Gasteiger partial charge on any atom is 0.229 e. The van der Waals surface area contributed by atoms with Gasteiger partial charge in [-0.15, -0.1) is 11.3 Å². The fraction of sp³-hybridized carbons (Fsp3) is 0.357. The Morgan fingerprint density at radius 3 is 2.56 bits per heavy atom. The Labute approximate surface area is 213 Å². The third kappa shape index (κ3) is 4.95. The van der Waals surface area contributed by atoms with E-state index >= 15 is 0 Å². The molecule has 1 amide bonds. The molecule has 6 rings (SSSR count). The molecule has 6 nitrogen and oxygen atoms in total. The van der Waals surface area contributed by atoms with Crippen LogP contribution < -0.4 is 5.32 Å². The summed E-state index contributed by atoms with van der Waals surface area (Å²) in [6, 6.07) is 11.9. The van der Waals surface area contributed by atoms with Crippen LogP contribution in [0, 0.1) is 19.7 Å². The Balaban J connectivity index is 1.29. The molecule has 2 aliphatic rings. The average molecular weight is 502 g/mol. The molecule has 0 saturated heterocycles. The van der Waals surface area contributed by atoms with Crippen LogP contribution in [0.4, 0.5) is 10.2 Å². The molecule has 0 radical (unpaired) electrons. The van der Waals surface area contributed by atoms with Crippen molar-refractivity contribution >= 4 is 34.0 Å². The Morgan fingerprint density at radius 1 is 1.06 bits per heavy atom. The van der Waals surface area contributed by atoms with Crippen molar-refractivity contribution in [2.45, 2.75) is 64.6 Å². The van der Waals surface area contributed by atoms with Gasteiger partial charge in [-0.05, 0) is 74.9 Å². The third-order valence-corrected chi connectivity index (χ3v) is 7.57. The number of rotatable bonds is 8. The first-order chi connectivity index (χ1) is 17.4. The number of nitrogens with one attached hydrogen (secondary N) is 1. The van der Waals surface area contributed by atoms with Gasteiger partial charge in [0.15, 0.2) is 0 Å². The highest BCUT2D eigenvalue weighted by atomic mass is 32.1. The second-order valence-electron chi connectivity index (χ2n) is 9.86. The van der Waals surface area contributed by atoms with Gasteiger partial charge in [-0.2, -0.15) is 0 Å². The number of benzene rings is 2. The maximum atomic E-state index is 15.0. The number of thiazole rings is 1. The summed E-state index contributed by atoms with van der Waals surface area (Å²) < 4.78 is 15.0. The summed E-state index contributed by atoms with van der Waals surface area (Å²) in [6.07, 6.45) is 4.49. The van der Waals surface area contributed by atoms with Crippen LogP contribution in [-0.4, -0.2) is 37.8 Å². The molecule has 4 aromatic rings. The molecule has 0 unspecified atom stereocenters. The fourth-order valence-corrected chi connectivity index (χ4v) is 5.18. The average Bonchev–Trinajstić information content (AvgIpc) is 3.78. The summed E-state index contributed by atoms with van der Waals surface area (Å²) in [5.74, 6) is 1.30. The molecule has 184 valence electrons. The van der Waals surface area contributed by atoms with Gasteiger partial charge in [0.05, 0.1) is 22.6 Å². The fourth-order valence-electron chi connectivity index (χ4n) is 4.57. The van der Waals surface area contributed by atoms with Crippen LogP contribution in [0.3, 0.4) is 0 Å². The van der Waals surface area contributed by atoms with Crippen molar-refractivity contribution in [1.82, 2.24) is 19.9 Å². The highest BCUT2D eigenvalue weighted by Crippen LogP contribution is 2.33. The van der Waals surface area contributed by atoms with Crippen LogP contribution in [0.5, 0.6) is 0 Å². The van der Waals surface area contributed by atoms with Crippen molar-refractivity contribution in [2.75, 3.05) is 5.32 Å². The van der Waals surface area contributed by atoms with Crippen LogP contribution in [0.15, 0.2) is 41.8 Å². The minimum Gasteiger partial charge on any atom is -0.367 e. The molecule has 2 heterocycles. The van der Waals surface area contributed by atoms with Gasteiger partial charge in [-0.1, -0.05) is 12.1 Å². The van der Waals surface area contributed by atoms with E-state index in [9.17, 15) is 9.18 Å². The summed E-state index contributed by atoms with van der Waals surface area (Å²) in [5, 5.41) is 7.35. The number of anilines is 1. The van der Waals surface area contributed by atoms with Crippen molar-refractivity contribution in [2.24, 2.45) is 0 Å². The molecular weight excluding hydrogens is 473 g/mol. The van der Waals surface area contributed by atoms with Crippen LogP contribution in [0.2, 0.25) is 0 Å². The predicted octanol–water partition coefficient (Wildman–Crippen LogP) is 5.82. The first kappa shape index (κ1) is 23.0. The molecule has 1 N–H and O–H groups in total. The van der Waals surface area contributed by atoms with Gasteiger partial charge in [0.1, 0.15) is 17.5 Å². The van der Waals surface area contributed by atoms with E-state index in [-0.39, 0.29) is 30.7 Å². The van der Waals surface area contributed by atoms with Gasteiger partial charge in [-0.25, -0.2) is 19.3 Å². The number of hydrogen-bond donors (Lipinski definition) is 1. The molecule has 0 atom stereocenters. The van der Waals surface area contributed by atoms with E-state index < -0.39 is 0 Å². The minimum absolute atomic E-state index is 0.00150. The number of carbonyl (C=O) groups is 1. The smallest absolute Gasteiger partial charge is 0.229 e. The number of halogens is 1. The van der Waals surface area contributed by atoms with E-state index in [1.165, 1.54) is 6.07 Å². The molecule has 2 aromatic heterocycles. The number of amides is 1. The van der Waals surface area contributed by atoms with Crippen LogP contribution in [0.25, 0.3) is 22.0 Å². The molecule has 36 heavy (non-hydrogen) atoms. The van der Waals surface area contributed by atoms with E-state index in [4.69, 9.17) is 0 Å². The summed E-state index contributed by atoms with van der Waals surface area (Å²) in [6.45, 7) is 4.10. The number of fused-ring (bicyclic) bond motifs is 1. The molecule has 8 heteroatoms. The van der Waals surface area contributed by atoms with Gasteiger partial charge in [0.2, 0.25) is 5.91 Å². The number of carbonyl (C=O) groups excluding carboxylic acids is 1. The summed E-state index contributed by atoms with van der Waals surface area (Å²) in [5.41, 5.74) is 4.08. The van der Waals surface area contributed by atoms with Crippen LogP contribution in [-0.2, 0) is 17.8 Å². The van der Waals surface area contributed by atoms with Gasteiger partial charge in [0.25, 0.3) is 0 Å². The zero-order valence-electron chi connectivity index (χ0n) is 20.4. The van der Waals surface area contributed by atoms with Crippen molar-refractivity contribution in [3.63, 3.8) is 0 Å². The minimum atomic E-state index is -0.294. The number of aromatic nitrogens is 3. The Bertz CT molecular complexity index is 1460. The second-order valence-corrected chi connectivity index (χ2v) is 10.9.